The number of aromatic hydroxyl groups is 1. The van der Waals surface area contributed by atoms with Crippen molar-refractivity contribution in [3.63, 3.8) is 0 Å². The molecule has 0 radical (unpaired) electrons. The molecular formula is C49H67NO4. The quantitative estimate of drug-likeness (QED) is 0.0942. The first-order valence-corrected chi connectivity index (χ1v) is 20.0. The molecule has 0 aliphatic rings. The van der Waals surface area contributed by atoms with Gasteiger partial charge in [0.1, 0.15) is 22.8 Å². The fourth-order valence-electron chi connectivity index (χ4n) is 6.79. The molecule has 1 atom stereocenters. The highest BCUT2D eigenvalue weighted by Crippen LogP contribution is 2.47. The smallest absolute Gasteiger partial charge is 0.144 e. The third-order valence-electron chi connectivity index (χ3n) is 10.3. The van der Waals surface area contributed by atoms with Crippen molar-refractivity contribution in [3.05, 3.63) is 123 Å². The Labute approximate surface area is 326 Å². The van der Waals surface area contributed by atoms with Crippen molar-refractivity contribution >= 4 is 6.21 Å². The molecule has 1 unspecified atom stereocenters. The monoisotopic (exact) mass is 734 g/mol. The number of hydrogen-bond acceptors (Lipinski definition) is 5. The molecule has 2 N–H and O–H groups in total. The van der Waals surface area contributed by atoms with E-state index in [9.17, 15) is 10.2 Å². The van der Waals surface area contributed by atoms with Gasteiger partial charge in [0, 0.05) is 28.5 Å². The second-order valence-corrected chi connectivity index (χ2v) is 18.1. The molecule has 0 fully saturated rings. The Kier molecular flexibility index (Phi) is 13.9. The summed E-state index contributed by atoms with van der Waals surface area (Å²) in [6, 6.07) is 26.0. The lowest BCUT2D eigenvalue weighted by Gasteiger charge is -2.39. The third-order valence-corrected chi connectivity index (χ3v) is 10.3. The fourth-order valence-corrected chi connectivity index (χ4v) is 6.79. The summed E-state index contributed by atoms with van der Waals surface area (Å²) >= 11 is 0. The summed E-state index contributed by atoms with van der Waals surface area (Å²) in [5, 5.41) is 25.9. The maximum atomic E-state index is 14.2. The number of phenols is 1. The van der Waals surface area contributed by atoms with Gasteiger partial charge in [-0.25, -0.2) is 0 Å². The Morgan fingerprint density at radius 3 is 1.59 bits per heavy atom. The summed E-state index contributed by atoms with van der Waals surface area (Å²) in [5.74, 6) is 1.46. The zero-order valence-electron chi connectivity index (χ0n) is 35.3. The molecular weight excluding hydrogens is 667 g/mol. The summed E-state index contributed by atoms with van der Waals surface area (Å²) in [7, 11) is 0. The molecule has 5 heteroatoms. The van der Waals surface area contributed by atoms with E-state index in [0.717, 1.165) is 53.5 Å². The van der Waals surface area contributed by atoms with Gasteiger partial charge in [0.25, 0.3) is 0 Å². The highest BCUT2D eigenvalue weighted by molar-refractivity contribution is 5.85. The zero-order chi connectivity index (χ0) is 39.9. The van der Waals surface area contributed by atoms with Crippen molar-refractivity contribution in [2.24, 2.45) is 4.99 Å². The summed E-state index contributed by atoms with van der Waals surface area (Å²) < 4.78 is 13.2. The summed E-state index contributed by atoms with van der Waals surface area (Å²) in [5.41, 5.74) is 4.56. The predicted molar refractivity (Wildman–Crippen MR) is 227 cm³/mol. The molecule has 0 aromatic heterocycles. The number of nitrogens with zero attached hydrogens (tertiary/aromatic N) is 1. The number of aliphatic hydroxyl groups is 1. The van der Waals surface area contributed by atoms with Crippen LogP contribution in [0.15, 0.2) is 83.9 Å². The highest BCUT2D eigenvalue weighted by atomic mass is 16.5. The standard InChI is InChI=1S/C49H67NO4/c1-13-15-26-53-42-24-22-37(46(4,5)6)31-39(42)49(52,40-32-38(47(7,8)9)23-25-43(40)54-27-16-14-2)44(30-35-20-18-17-19-21-35)50-33-36-28-34(3)29-41(45(36)51)48(10,11)12/h17-25,28-29,31-33,44,51-52H,13-16,26-27,30H2,1-12H3. The maximum Gasteiger partial charge on any atom is 0.144 e. The number of ether oxygens (including phenoxy) is 2. The van der Waals surface area contributed by atoms with Crippen molar-refractivity contribution in [1.82, 2.24) is 0 Å². The van der Waals surface area contributed by atoms with E-state index in [-0.39, 0.29) is 22.0 Å². The summed E-state index contributed by atoms with van der Waals surface area (Å²) in [4.78, 5) is 5.35. The van der Waals surface area contributed by atoms with Crippen LogP contribution in [0.5, 0.6) is 17.2 Å². The average molecular weight is 734 g/mol. The van der Waals surface area contributed by atoms with E-state index >= 15 is 0 Å². The molecule has 0 saturated heterocycles. The lowest BCUT2D eigenvalue weighted by Crippen LogP contribution is -2.42. The number of aryl methyl sites for hydroxylation is 1. The molecule has 4 rings (SSSR count). The van der Waals surface area contributed by atoms with E-state index < -0.39 is 11.6 Å². The lowest BCUT2D eigenvalue weighted by molar-refractivity contribution is 0.0460. The van der Waals surface area contributed by atoms with Crippen LogP contribution in [0.2, 0.25) is 0 Å². The number of benzene rings is 4. The molecule has 0 aliphatic carbocycles. The van der Waals surface area contributed by atoms with Gasteiger partial charge in [-0.15, -0.1) is 0 Å². The molecule has 0 bridgehead atoms. The molecule has 4 aromatic carbocycles. The van der Waals surface area contributed by atoms with Crippen LogP contribution < -0.4 is 9.47 Å². The Balaban J connectivity index is 2.17. The molecule has 0 heterocycles. The van der Waals surface area contributed by atoms with Crippen LogP contribution in [0.25, 0.3) is 0 Å². The lowest BCUT2D eigenvalue weighted by atomic mass is 9.73. The van der Waals surface area contributed by atoms with Crippen LogP contribution in [0.3, 0.4) is 0 Å². The number of phenolic OH excluding ortho intramolecular Hbond substituents is 1. The largest absolute Gasteiger partial charge is 0.507 e. The van der Waals surface area contributed by atoms with E-state index in [1.54, 1.807) is 6.21 Å². The van der Waals surface area contributed by atoms with Crippen molar-refractivity contribution < 1.29 is 19.7 Å². The van der Waals surface area contributed by atoms with Gasteiger partial charge in [0.05, 0.1) is 19.3 Å². The molecule has 5 nitrogen and oxygen atoms in total. The van der Waals surface area contributed by atoms with Crippen LogP contribution in [-0.4, -0.2) is 35.7 Å². The van der Waals surface area contributed by atoms with Crippen LogP contribution in [0, 0.1) is 6.92 Å². The van der Waals surface area contributed by atoms with Gasteiger partial charge in [0.15, 0.2) is 0 Å². The van der Waals surface area contributed by atoms with Gasteiger partial charge >= 0.3 is 0 Å². The molecule has 0 amide bonds. The van der Waals surface area contributed by atoms with Gasteiger partial charge < -0.3 is 19.7 Å². The Morgan fingerprint density at radius 1 is 0.648 bits per heavy atom. The minimum atomic E-state index is -1.73. The Hall–Kier alpha value is -4.09. The van der Waals surface area contributed by atoms with E-state index in [2.05, 4.69) is 113 Å². The van der Waals surface area contributed by atoms with Gasteiger partial charge in [-0.1, -0.05) is 138 Å². The molecule has 0 spiro atoms. The first-order chi connectivity index (χ1) is 25.3. The number of aliphatic imine (C=N–C) groups is 1. The van der Waals surface area contributed by atoms with E-state index in [1.165, 1.54) is 0 Å². The Bertz CT molecular complexity index is 1780. The van der Waals surface area contributed by atoms with Gasteiger partial charge in [-0.2, -0.15) is 0 Å². The van der Waals surface area contributed by atoms with Gasteiger partial charge in [-0.05, 0) is 95.0 Å². The average Bonchev–Trinajstić information content (AvgIpc) is 3.10. The van der Waals surface area contributed by atoms with E-state index in [4.69, 9.17) is 14.5 Å². The van der Waals surface area contributed by atoms with Gasteiger partial charge in [0.2, 0.25) is 0 Å². The molecule has 292 valence electrons. The minimum absolute atomic E-state index is 0.204. The van der Waals surface area contributed by atoms with Crippen LogP contribution in [0.1, 0.15) is 146 Å². The number of unbranched alkanes of at least 4 members (excludes halogenated alkanes) is 2. The molecule has 54 heavy (non-hydrogen) atoms. The van der Waals surface area contributed by atoms with Crippen molar-refractivity contribution in [2.45, 2.75) is 143 Å². The zero-order valence-corrected chi connectivity index (χ0v) is 35.3. The normalized spacial score (nSPS) is 13.4. The minimum Gasteiger partial charge on any atom is -0.507 e. The predicted octanol–water partition coefficient (Wildman–Crippen LogP) is 11.9. The van der Waals surface area contributed by atoms with Crippen molar-refractivity contribution in [1.29, 1.82) is 0 Å². The van der Waals surface area contributed by atoms with Crippen molar-refractivity contribution in [2.75, 3.05) is 13.2 Å². The summed E-state index contributed by atoms with van der Waals surface area (Å²) in [6.45, 7) is 26.8. The SMILES string of the molecule is CCCCOc1ccc(C(C)(C)C)cc1C(O)(c1cc(C(C)(C)C)ccc1OCCCC)C(Cc1ccccc1)N=Cc1cc(C)cc(C(C)(C)C)c1O. The first kappa shape index (κ1) is 42.6. The van der Waals surface area contributed by atoms with Crippen LogP contribution >= 0.6 is 0 Å². The van der Waals surface area contributed by atoms with Gasteiger partial charge in [-0.3, -0.25) is 4.99 Å². The molecule has 0 saturated carbocycles. The summed E-state index contributed by atoms with van der Waals surface area (Å²) in [6.07, 6.45) is 5.91. The van der Waals surface area contributed by atoms with Crippen molar-refractivity contribution in [3.8, 4) is 17.2 Å². The molecule has 0 aliphatic heterocycles. The maximum absolute atomic E-state index is 14.2. The topological polar surface area (TPSA) is 71.3 Å². The van der Waals surface area contributed by atoms with E-state index in [1.807, 2.05) is 49.4 Å². The number of hydrogen-bond donors (Lipinski definition) is 2. The second kappa shape index (κ2) is 17.6. The second-order valence-electron chi connectivity index (χ2n) is 18.1. The first-order valence-electron chi connectivity index (χ1n) is 20.0. The highest BCUT2D eigenvalue weighted by Gasteiger charge is 2.46. The van der Waals surface area contributed by atoms with Crippen LogP contribution in [-0.2, 0) is 28.3 Å². The Morgan fingerprint density at radius 2 is 1.15 bits per heavy atom. The van der Waals surface area contributed by atoms with Crippen LogP contribution in [0.4, 0.5) is 0 Å². The van der Waals surface area contributed by atoms with E-state index in [0.29, 0.717) is 47.8 Å². The molecule has 4 aromatic rings. The fraction of sp³-hybridized carbons (Fsp3) is 0.490. The number of rotatable bonds is 15. The third kappa shape index (κ3) is 10.4.